The number of rotatable bonds is 11. The third-order valence-electron chi connectivity index (χ3n) is 7.43. The molecule has 2 heterocycles. The molecular weight excluding hydrogens is 623 g/mol. The van der Waals surface area contributed by atoms with Crippen molar-refractivity contribution in [3.8, 4) is 16.2 Å². The topological polar surface area (TPSA) is 51.5 Å². The maximum Gasteiger partial charge on any atom is 0.422 e. The minimum atomic E-state index is -4.50. The Morgan fingerprint density at radius 2 is 1.57 bits per heavy atom. The minimum Gasteiger partial charge on any atom is -0.484 e. The SMILES string of the molecule is CC(C)C(=O)c1cn(Cc2c(F)cccc2F)c2sc(-c3ccc(OCC(F)(F)F)cc3)c(CN(C)Cc3ccccc3)c2c1=O. The number of aromatic nitrogens is 1. The monoisotopic (exact) mass is 654 g/mol. The molecule has 2 aromatic heterocycles. The van der Waals surface area contributed by atoms with E-state index >= 15 is 0 Å². The highest BCUT2D eigenvalue weighted by atomic mass is 32.1. The largest absolute Gasteiger partial charge is 0.484 e. The summed E-state index contributed by atoms with van der Waals surface area (Å²) in [6.07, 6.45) is -3.13. The Labute approximate surface area is 266 Å². The third kappa shape index (κ3) is 7.37. The van der Waals surface area contributed by atoms with Gasteiger partial charge in [0.1, 0.15) is 22.2 Å². The van der Waals surface area contributed by atoms with Crippen molar-refractivity contribution in [3.63, 3.8) is 0 Å². The predicted octanol–water partition coefficient (Wildman–Crippen LogP) is 8.47. The van der Waals surface area contributed by atoms with E-state index in [0.717, 1.165) is 17.7 Å². The van der Waals surface area contributed by atoms with Gasteiger partial charge in [-0.1, -0.05) is 50.2 Å². The number of thiophene rings is 1. The second-order valence-electron chi connectivity index (χ2n) is 11.4. The average molecular weight is 655 g/mol. The maximum atomic E-state index is 14.8. The number of hydrogen-bond acceptors (Lipinski definition) is 5. The van der Waals surface area contributed by atoms with Crippen LogP contribution in [0.1, 0.15) is 40.9 Å². The van der Waals surface area contributed by atoms with Crippen molar-refractivity contribution in [2.24, 2.45) is 5.92 Å². The number of ether oxygens (including phenoxy) is 1. The van der Waals surface area contributed by atoms with Gasteiger partial charge in [-0.2, -0.15) is 13.2 Å². The zero-order valence-electron chi connectivity index (χ0n) is 25.3. The highest BCUT2D eigenvalue weighted by Gasteiger charge is 2.29. The van der Waals surface area contributed by atoms with Gasteiger partial charge in [0.2, 0.25) is 5.43 Å². The molecule has 0 fully saturated rings. The molecule has 5 nitrogen and oxygen atoms in total. The number of fused-ring (bicyclic) bond motifs is 1. The Kier molecular flexibility index (Phi) is 9.74. The van der Waals surface area contributed by atoms with Crippen LogP contribution in [-0.4, -0.2) is 35.1 Å². The predicted molar refractivity (Wildman–Crippen MR) is 169 cm³/mol. The molecule has 0 spiro atoms. The molecule has 0 aliphatic rings. The summed E-state index contributed by atoms with van der Waals surface area (Å²) in [5, 5.41) is 0.251. The number of nitrogens with zero attached hydrogens (tertiary/aromatic N) is 2. The van der Waals surface area contributed by atoms with Gasteiger partial charge in [-0.25, -0.2) is 8.78 Å². The minimum absolute atomic E-state index is 0.0179. The molecule has 5 rings (SSSR count). The van der Waals surface area contributed by atoms with Gasteiger partial charge in [0.05, 0.1) is 17.5 Å². The molecule has 0 saturated heterocycles. The number of carbonyl (C=O) groups excluding carboxylic acids is 1. The highest BCUT2D eigenvalue weighted by molar-refractivity contribution is 7.22. The molecule has 240 valence electrons. The molecule has 0 radical (unpaired) electrons. The number of benzene rings is 3. The molecule has 0 atom stereocenters. The molecule has 5 aromatic rings. The molecule has 0 aliphatic carbocycles. The quantitative estimate of drug-likeness (QED) is 0.106. The normalized spacial score (nSPS) is 12.0. The fourth-order valence-corrected chi connectivity index (χ4v) is 6.52. The first-order valence-electron chi connectivity index (χ1n) is 14.5. The van der Waals surface area contributed by atoms with Crippen LogP contribution in [0.15, 0.2) is 83.8 Å². The maximum absolute atomic E-state index is 14.8. The van der Waals surface area contributed by atoms with Gasteiger partial charge < -0.3 is 9.30 Å². The Hall–Kier alpha value is -4.35. The average Bonchev–Trinajstić information content (AvgIpc) is 3.38. The van der Waals surface area contributed by atoms with E-state index in [2.05, 4.69) is 0 Å². The van der Waals surface area contributed by atoms with Crippen LogP contribution in [0.4, 0.5) is 22.0 Å². The summed E-state index contributed by atoms with van der Waals surface area (Å²) in [6, 6.07) is 19.3. The summed E-state index contributed by atoms with van der Waals surface area (Å²) in [6.45, 7) is 2.41. The molecule has 3 aromatic carbocycles. The van der Waals surface area contributed by atoms with E-state index in [4.69, 9.17) is 4.74 Å². The van der Waals surface area contributed by atoms with Crippen molar-refractivity contribution in [3.05, 3.63) is 123 Å². The summed E-state index contributed by atoms with van der Waals surface area (Å²) in [7, 11) is 1.88. The van der Waals surface area contributed by atoms with Gasteiger partial charge in [-0.05, 0) is 60.1 Å². The van der Waals surface area contributed by atoms with E-state index in [1.165, 1.54) is 40.3 Å². The summed E-state index contributed by atoms with van der Waals surface area (Å²) >= 11 is 1.21. The van der Waals surface area contributed by atoms with Gasteiger partial charge in [0.15, 0.2) is 12.4 Å². The lowest BCUT2D eigenvalue weighted by Gasteiger charge is -2.18. The molecule has 11 heteroatoms. The molecule has 0 unspecified atom stereocenters. The Bertz CT molecular complexity index is 1900. The third-order valence-corrected chi connectivity index (χ3v) is 8.75. The van der Waals surface area contributed by atoms with Crippen LogP contribution in [0, 0.1) is 17.6 Å². The summed E-state index contributed by atoms with van der Waals surface area (Å²) < 4.78 is 74.3. The van der Waals surface area contributed by atoms with Crippen molar-refractivity contribution in [2.75, 3.05) is 13.7 Å². The molecule has 46 heavy (non-hydrogen) atoms. The Morgan fingerprint density at radius 1 is 0.913 bits per heavy atom. The lowest BCUT2D eigenvalue weighted by Crippen LogP contribution is -2.24. The first-order valence-corrected chi connectivity index (χ1v) is 15.3. The molecule has 0 amide bonds. The number of alkyl halides is 3. The van der Waals surface area contributed by atoms with E-state index < -0.39 is 41.5 Å². The fourth-order valence-electron chi connectivity index (χ4n) is 5.23. The van der Waals surface area contributed by atoms with Crippen LogP contribution in [-0.2, 0) is 19.6 Å². The van der Waals surface area contributed by atoms with Gasteiger partial charge in [-0.15, -0.1) is 11.3 Å². The Morgan fingerprint density at radius 3 is 2.17 bits per heavy atom. The van der Waals surface area contributed by atoms with E-state index in [9.17, 15) is 31.5 Å². The molecule has 0 saturated carbocycles. The van der Waals surface area contributed by atoms with Gasteiger partial charge in [0.25, 0.3) is 0 Å². The van der Waals surface area contributed by atoms with Crippen LogP contribution < -0.4 is 10.2 Å². The zero-order chi connectivity index (χ0) is 33.2. The first kappa shape index (κ1) is 33.0. The van der Waals surface area contributed by atoms with E-state index in [0.29, 0.717) is 27.4 Å². The number of pyridine rings is 1. The fraction of sp³-hybridized carbons (Fsp3) is 0.257. The summed E-state index contributed by atoms with van der Waals surface area (Å²) in [5.74, 6) is -2.44. The number of Topliss-reactive ketones (excluding diaryl/α,β-unsaturated/α-hetero) is 1. The summed E-state index contributed by atoms with van der Waals surface area (Å²) in [5.41, 5.74) is 1.41. The van der Waals surface area contributed by atoms with E-state index in [1.807, 2.05) is 42.3 Å². The van der Waals surface area contributed by atoms with Crippen molar-refractivity contribution in [1.82, 2.24) is 9.47 Å². The lowest BCUT2D eigenvalue weighted by molar-refractivity contribution is -0.153. The molecule has 0 aliphatic heterocycles. The van der Waals surface area contributed by atoms with Crippen LogP contribution >= 0.6 is 11.3 Å². The zero-order valence-corrected chi connectivity index (χ0v) is 26.1. The van der Waals surface area contributed by atoms with Crippen molar-refractivity contribution < 1.29 is 31.5 Å². The van der Waals surface area contributed by atoms with Gasteiger partial charge in [0, 0.05) is 35.6 Å². The standard InChI is InChI=1S/C35H31F5N2O3S/c1-21(2)31(43)27-19-42(18-25-28(36)10-7-11-29(25)37)34-30(32(27)44)26(17-41(3)16-22-8-5-4-6-9-22)33(46-34)23-12-14-24(15-13-23)45-20-35(38,39)40/h4-15,19,21H,16-18,20H2,1-3H3. The van der Waals surface area contributed by atoms with Crippen molar-refractivity contribution in [1.29, 1.82) is 0 Å². The Balaban J connectivity index is 1.70. The number of halogens is 5. The summed E-state index contributed by atoms with van der Waals surface area (Å²) in [4.78, 5) is 30.5. The molecule has 0 bridgehead atoms. The van der Waals surface area contributed by atoms with Crippen LogP contribution in [0.3, 0.4) is 0 Å². The molecular formula is C35H31F5N2O3S. The van der Waals surface area contributed by atoms with Crippen LogP contribution in [0.2, 0.25) is 0 Å². The van der Waals surface area contributed by atoms with Crippen molar-refractivity contribution in [2.45, 2.75) is 39.7 Å². The van der Waals surface area contributed by atoms with Crippen LogP contribution in [0.5, 0.6) is 5.75 Å². The van der Waals surface area contributed by atoms with Gasteiger partial charge in [-0.3, -0.25) is 14.5 Å². The lowest BCUT2D eigenvalue weighted by atomic mass is 9.99. The smallest absolute Gasteiger partial charge is 0.422 e. The second-order valence-corrected chi connectivity index (χ2v) is 12.4. The first-order chi connectivity index (χ1) is 21.8. The highest BCUT2D eigenvalue weighted by Crippen LogP contribution is 2.39. The second kappa shape index (κ2) is 13.6. The van der Waals surface area contributed by atoms with Crippen LogP contribution in [0.25, 0.3) is 20.7 Å². The number of hydrogen-bond donors (Lipinski definition) is 0. The van der Waals surface area contributed by atoms with E-state index in [1.54, 1.807) is 26.0 Å². The molecule has 0 N–H and O–H groups in total. The van der Waals surface area contributed by atoms with Gasteiger partial charge >= 0.3 is 6.18 Å². The number of carbonyl (C=O) groups is 1. The number of ketones is 1. The van der Waals surface area contributed by atoms with E-state index in [-0.39, 0.29) is 35.4 Å². The van der Waals surface area contributed by atoms with Crippen molar-refractivity contribution >= 4 is 27.3 Å².